The van der Waals surface area contributed by atoms with Crippen LogP contribution in [0.3, 0.4) is 0 Å². The molecule has 3 aliphatic rings. The van der Waals surface area contributed by atoms with Crippen LogP contribution < -0.4 is 15.6 Å². The summed E-state index contributed by atoms with van der Waals surface area (Å²) in [6.07, 6.45) is 9.97. The largest absolute Gasteiger partial charge is 0.487 e. The number of aromatic nitrogens is 2. The van der Waals surface area contributed by atoms with E-state index >= 15 is 0 Å². The fourth-order valence-corrected chi connectivity index (χ4v) is 5.87. The van der Waals surface area contributed by atoms with E-state index in [0.29, 0.717) is 16.8 Å². The van der Waals surface area contributed by atoms with Crippen LogP contribution in [0.4, 0.5) is 0 Å². The molecule has 0 saturated carbocycles. The van der Waals surface area contributed by atoms with Gasteiger partial charge in [-0.3, -0.25) is 19.2 Å². The number of nitrogens with zero attached hydrogens (tertiary/aromatic N) is 3. The van der Waals surface area contributed by atoms with E-state index in [4.69, 9.17) is 16.3 Å². The van der Waals surface area contributed by atoms with Crippen LogP contribution in [0.25, 0.3) is 11.8 Å². The number of fused-ring (bicyclic) bond motifs is 2. The molecule has 2 atom stereocenters. The number of hydrogen-bond donors (Lipinski definition) is 1. The summed E-state index contributed by atoms with van der Waals surface area (Å²) < 4.78 is 7.49. The molecule has 0 amide bonds. The van der Waals surface area contributed by atoms with Crippen LogP contribution in [0.5, 0.6) is 5.75 Å². The van der Waals surface area contributed by atoms with Gasteiger partial charge < -0.3 is 10.1 Å². The molecule has 1 N–H and O–H groups in total. The molecule has 0 radical (unpaired) electrons. The maximum atomic E-state index is 12.9. The Labute approximate surface area is 216 Å². The maximum Gasteiger partial charge on any atom is 0.258 e. The molecule has 0 unspecified atom stereocenters. The lowest BCUT2D eigenvalue weighted by Crippen LogP contribution is -2.45. The predicted molar refractivity (Wildman–Crippen MR) is 143 cm³/mol. The molecule has 7 heteroatoms. The van der Waals surface area contributed by atoms with Gasteiger partial charge in [-0.25, -0.2) is 0 Å². The van der Waals surface area contributed by atoms with Gasteiger partial charge in [0.05, 0.1) is 10.7 Å². The average Bonchev–Trinajstić information content (AvgIpc) is 3.36. The summed E-state index contributed by atoms with van der Waals surface area (Å²) in [5.41, 5.74) is 5.64. The molecular formula is C29H31ClN4O2. The Kier molecular flexibility index (Phi) is 6.65. The molecule has 2 fully saturated rings. The summed E-state index contributed by atoms with van der Waals surface area (Å²) in [6.45, 7) is 4.83. The molecule has 36 heavy (non-hydrogen) atoms. The van der Waals surface area contributed by atoms with Crippen molar-refractivity contribution in [3.63, 3.8) is 0 Å². The van der Waals surface area contributed by atoms with Crippen molar-refractivity contribution in [1.82, 2.24) is 19.8 Å². The standard InChI is InChI=1S/C29H31ClN4O2/c30-24-4-5-25(32-16-24)19-36-27-9-12-34(29(35)15-27)26-6-3-22-13-20(1-2-23(22)14-26)17-33-11-8-21-7-10-31-28(21)18-33/h1-2,4-5,9,12-16,21,28,31H,3,6-8,10-11,17-19H2/t21-,28-/m0/s1. The number of pyridine rings is 2. The lowest BCUT2D eigenvalue weighted by Gasteiger charge is -2.35. The van der Waals surface area contributed by atoms with Crippen molar-refractivity contribution in [3.8, 4) is 5.75 Å². The quantitative estimate of drug-likeness (QED) is 0.533. The number of nitrogens with one attached hydrogen (secondary N) is 1. The fraction of sp³-hybridized carbons (Fsp3) is 0.379. The first kappa shape index (κ1) is 23.5. The lowest BCUT2D eigenvalue weighted by atomic mass is 9.91. The van der Waals surface area contributed by atoms with Gasteiger partial charge in [0.15, 0.2) is 0 Å². The van der Waals surface area contributed by atoms with Gasteiger partial charge in [0.25, 0.3) is 5.56 Å². The minimum absolute atomic E-state index is 0.0909. The fourth-order valence-electron chi connectivity index (χ4n) is 5.76. The smallest absolute Gasteiger partial charge is 0.258 e. The summed E-state index contributed by atoms with van der Waals surface area (Å²) in [5.74, 6) is 1.41. The topological polar surface area (TPSA) is 59.4 Å². The van der Waals surface area contributed by atoms with E-state index in [1.807, 2.05) is 12.1 Å². The highest BCUT2D eigenvalue weighted by atomic mass is 35.5. The van der Waals surface area contributed by atoms with E-state index < -0.39 is 0 Å². The highest BCUT2D eigenvalue weighted by molar-refractivity contribution is 6.30. The lowest BCUT2D eigenvalue weighted by molar-refractivity contribution is 0.159. The third kappa shape index (κ3) is 5.12. The molecule has 3 aromatic rings. The minimum Gasteiger partial charge on any atom is -0.487 e. The molecule has 1 aromatic carbocycles. The molecule has 4 heterocycles. The van der Waals surface area contributed by atoms with Crippen LogP contribution >= 0.6 is 11.6 Å². The zero-order chi connectivity index (χ0) is 24.5. The predicted octanol–water partition coefficient (Wildman–Crippen LogP) is 4.60. The Balaban J connectivity index is 1.12. The number of ether oxygens (including phenoxy) is 1. The van der Waals surface area contributed by atoms with Crippen molar-refractivity contribution >= 4 is 23.4 Å². The van der Waals surface area contributed by atoms with Crippen molar-refractivity contribution in [1.29, 1.82) is 0 Å². The maximum absolute atomic E-state index is 12.9. The monoisotopic (exact) mass is 502 g/mol. The summed E-state index contributed by atoms with van der Waals surface area (Å²) in [7, 11) is 0. The number of halogens is 1. The first-order valence-electron chi connectivity index (χ1n) is 12.9. The Morgan fingerprint density at radius 3 is 2.92 bits per heavy atom. The second-order valence-corrected chi connectivity index (χ2v) is 10.6. The third-order valence-corrected chi connectivity index (χ3v) is 7.95. The highest BCUT2D eigenvalue weighted by Gasteiger charge is 2.32. The number of aryl methyl sites for hydroxylation is 1. The van der Waals surface area contributed by atoms with Crippen molar-refractivity contribution in [2.75, 3.05) is 19.6 Å². The van der Waals surface area contributed by atoms with Crippen molar-refractivity contribution in [3.05, 3.63) is 92.6 Å². The SMILES string of the molecule is O=c1cc(OCc2ccc(Cl)cn2)ccn1C1=Cc2ccc(CN3CC[C@@H]4CCN[C@H]4C3)cc2CC1. The number of piperidine rings is 1. The van der Waals surface area contributed by atoms with Gasteiger partial charge >= 0.3 is 0 Å². The molecule has 2 aliphatic heterocycles. The molecule has 1 aliphatic carbocycles. The molecule has 0 bridgehead atoms. The first-order valence-corrected chi connectivity index (χ1v) is 13.2. The molecule has 0 spiro atoms. The summed E-state index contributed by atoms with van der Waals surface area (Å²) in [5, 5.41) is 4.26. The van der Waals surface area contributed by atoms with Crippen molar-refractivity contribution in [2.24, 2.45) is 5.92 Å². The number of rotatable bonds is 6. The zero-order valence-electron chi connectivity index (χ0n) is 20.3. The van der Waals surface area contributed by atoms with E-state index in [1.54, 1.807) is 23.0 Å². The Hall–Kier alpha value is -2.93. The molecule has 6 nitrogen and oxygen atoms in total. The van der Waals surface area contributed by atoms with Gasteiger partial charge in [-0.2, -0.15) is 0 Å². The van der Waals surface area contributed by atoms with Gasteiger partial charge in [0.2, 0.25) is 0 Å². The number of allylic oxidation sites excluding steroid dienone is 1. The summed E-state index contributed by atoms with van der Waals surface area (Å²) in [6, 6.07) is 14.5. The number of benzene rings is 1. The zero-order valence-corrected chi connectivity index (χ0v) is 21.1. The van der Waals surface area contributed by atoms with E-state index in [-0.39, 0.29) is 12.2 Å². The van der Waals surface area contributed by atoms with Gasteiger partial charge in [-0.05, 0) is 85.7 Å². The van der Waals surface area contributed by atoms with Crippen LogP contribution in [-0.2, 0) is 19.6 Å². The van der Waals surface area contributed by atoms with Crippen molar-refractivity contribution in [2.45, 2.75) is 44.9 Å². The third-order valence-electron chi connectivity index (χ3n) is 7.72. The molecule has 186 valence electrons. The average molecular weight is 503 g/mol. The molecule has 2 saturated heterocycles. The van der Waals surface area contributed by atoms with Gasteiger partial charge in [-0.1, -0.05) is 29.8 Å². The van der Waals surface area contributed by atoms with E-state index in [9.17, 15) is 4.79 Å². The van der Waals surface area contributed by atoms with Crippen LogP contribution in [0.1, 0.15) is 41.6 Å². The second-order valence-electron chi connectivity index (χ2n) is 10.1. The molecule has 6 rings (SSSR count). The Morgan fingerprint density at radius 1 is 1.11 bits per heavy atom. The second kappa shape index (κ2) is 10.2. The van der Waals surface area contributed by atoms with Crippen molar-refractivity contribution < 1.29 is 4.74 Å². The van der Waals surface area contributed by atoms with E-state index in [2.05, 4.69) is 39.5 Å². The normalized spacial score (nSPS) is 21.5. The van der Waals surface area contributed by atoms with Crippen LogP contribution in [0, 0.1) is 5.92 Å². The van der Waals surface area contributed by atoms with Gasteiger partial charge in [0, 0.05) is 43.3 Å². The van der Waals surface area contributed by atoms with Crippen LogP contribution in [0.2, 0.25) is 5.02 Å². The van der Waals surface area contributed by atoms with Gasteiger partial charge in [-0.15, -0.1) is 0 Å². The van der Waals surface area contributed by atoms with E-state index in [1.165, 1.54) is 48.7 Å². The Bertz CT molecular complexity index is 1330. The summed E-state index contributed by atoms with van der Waals surface area (Å²) >= 11 is 5.88. The molecular weight excluding hydrogens is 472 g/mol. The summed E-state index contributed by atoms with van der Waals surface area (Å²) in [4.78, 5) is 19.7. The van der Waals surface area contributed by atoms with E-state index in [0.717, 1.165) is 43.2 Å². The van der Waals surface area contributed by atoms with Crippen LogP contribution in [0.15, 0.2) is 59.7 Å². The molecule has 2 aromatic heterocycles. The number of likely N-dealkylation sites (tertiary alicyclic amines) is 1. The minimum atomic E-state index is -0.0909. The highest BCUT2D eigenvalue weighted by Crippen LogP contribution is 2.29. The van der Waals surface area contributed by atoms with Crippen LogP contribution in [-0.4, -0.2) is 40.1 Å². The van der Waals surface area contributed by atoms with Gasteiger partial charge in [0.1, 0.15) is 12.4 Å². The Morgan fingerprint density at radius 2 is 2.06 bits per heavy atom. The number of hydrogen-bond acceptors (Lipinski definition) is 5. The first-order chi connectivity index (χ1) is 17.6.